The Morgan fingerprint density at radius 3 is 2.40 bits per heavy atom. The minimum Gasteiger partial charge on any atom is -0.363 e. The zero-order valence-corrected chi connectivity index (χ0v) is 10.7. The molecule has 86 valence electrons. The maximum absolute atomic E-state index is 3.94. The largest absolute Gasteiger partial charge is 0.363 e. The molecule has 0 unspecified atom stereocenters. The van der Waals surface area contributed by atoms with Gasteiger partial charge in [0.05, 0.1) is 0 Å². The lowest BCUT2D eigenvalue weighted by molar-refractivity contribution is 0.714. The zero-order valence-electron chi connectivity index (χ0n) is 10.7. The molecule has 1 nitrogen and oxygen atoms in total. The van der Waals surface area contributed by atoms with Crippen molar-refractivity contribution in [2.75, 3.05) is 0 Å². The minimum absolute atomic E-state index is 1.10. The van der Waals surface area contributed by atoms with E-state index in [4.69, 9.17) is 0 Å². The first kappa shape index (κ1) is 14.0. The number of nitrogens with one attached hydrogen (secondary N) is 1. The van der Waals surface area contributed by atoms with Gasteiger partial charge in [-0.25, -0.2) is 0 Å². The van der Waals surface area contributed by atoms with Crippen LogP contribution in [0.3, 0.4) is 0 Å². The second-order valence-electron chi connectivity index (χ2n) is 3.17. The summed E-state index contributed by atoms with van der Waals surface area (Å²) in [6.07, 6.45) is 9.14. The molecule has 1 aliphatic heterocycles. The van der Waals surface area contributed by atoms with Crippen LogP contribution in [-0.4, -0.2) is 0 Å². The summed E-state index contributed by atoms with van der Waals surface area (Å²) in [5.41, 5.74) is 4.08. The molecule has 0 aromatic heterocycles. The van der Waals surface area contributed by atoms with Crippen molar-refractivity contribution in [2.24, 2.45) is 0 Å². The van der Waals surface area contributed by atoms with Crippen molar-refractivity contribution >= 4 is 0 Å². The molecular formula is C14H25N. The first-order chi connectivity index (χ1) is 7.36. The summed E-state index contributed by atoms with van der Waals surface area (Å²) in [7, 11) is 0. The third kappa shape index (κ3) is 4.37. The van der Waals surface area contributed by atoms with Crippen molar-refractivity contribution in [3.63, 3.8) is 0 Å². The average Bonchev–Trinajstić information content (AvgIpc) is 2.34. The third-order valence-corrected chi connectivity index (χ3v) is 2.29. The van der Waals surface area contributed by atoms with Gasteiger partial charge in [-0.2, -0.15) is 0 Å². The van der Waals surface area contributed by atoms with Gasteiger partial charge >= 0.3 is 0 Å². The van der Waals surface area contributed by atoms with E-state index in [0.717, 1.165) is 6.42 Å². The number of hydrogen-bond acceptors (Lipinski definition) is 1. The number of hydrogen-bond donors (Lipinski definition) is 1. The topological polar surface area (TPSA) is 12.0 Å². The lowest BCUT2D eigenvalue weighted by atomic mass is 9.95. The van der Waals surface area contributed by atoms with Crippen LogP contribution in [0.5, 0.6) is 0 Å². The Morgan fingerprint density at radius 1 is 1.07 bits per heavy atom. The summed E-state index contributed by atoms with van der Waals surface area (Å²) in [6.45, 7) is 11.9. The fourth-order valence-corrected chi connectivity index (χ4v) is 1.65. The van der Waals surface area contributed by atoms with Crippen LogP contribution in [0.1, 0.15) is 53.4 Å². The Labute approximate surface area is 95.0 Å². The maximum atomic E-state index is 3.94. The summed E-state index contributed by atoms with van der Waals surface area (Å²) in [5, 5.41) is 3.35. The van der Waals surface area contributed by atoms with E-state index in [0.29, 0.717) is 0 Å². The fraction of sp³-hybridized carbons (Fsp3) is 0.571. The smallest absolute Gasteiger partial charge is 0.0184 e. The van der Waals surface area contributed by atoms with Gasteiger partial charge in [-0.1, -0.05) is 46.4 Å². The molecule has 0 saturated carbocycles. The van der Waals surface area contributed by atoms with Gasteiger partial charge in [-0.05, 0) is 31.3 Å². The van der Waals surface area contributed by atoms with Crippen molar-refractivity contribution in [2.45, 2.75) is 53.4 Å². The van der Waals surface area contributed by atoms with Crippen molar-refractivity contribution in [1.82, 2.24) is 5.32 Å². The van der Waals surface area contributed by atoms with Crippen LogP contribution in [0.25, 0.3) is 0 Å². The summed E-state index contributed by atoms with van der Waals surface area (Å²) in [6, 6.07) is 0. The molecular weight excluding hydrogens is 182 g/mol. The normalized spacial score (nSPS) is 17.7. The van der Waals surface area contributed by atoms with Crippen LogP contribution >= 0.6 is 0 Å². The monoisotopic (exact) mass is 207 g/mol. The van der Waals surface area contributed by atoms with Crippen LogP contribution in [0.2, 0.25) is 0 Å². The van der Waals surface area contributed by atoms with E-state index in [2.05, 4.69) is 24.0 Å². The quantitative estimate of drug-likeness (QED) is 0.615. The van der Waals surface area contributed by atoms with Crippen LogP contribution in [0, 0.1) is 0 Å². The molecule has 1 aliphatic carbocycles. The Bertz CT molecular complexity index is 246. The zero-order chi connectivity index (χ0) is 11.7. The van der Waals surface area contributed by atoms with Crippen molar-refractivity contribution in [1.29, 1.82) is 0 Å². The third-order valence-electron chi connectivity index (χ3n) is 2.29. The summed E-state index contributed by atoms with van der Waals surface area (Å²) < 4.78 is 0. The predicted molar refractivity (Wildman–Crippen MR) is 69.6 cm³/mol. The summed E-state index contributed by atoms with van der Waals surface area (Å²) >= 11 is 0. The lowest BCUT2D eigenvalue weighted by Crippen LogP contribution is -2.19. The molecule has 0 atom stereocenters. The van der Waals surface area contributed by atoms with Gasteiger partial charge in [0.25, 0.3) is 0 Å². The molecule has 15 heavy (non-hydrogen) atoms. The average molecular weight is 207 g/mol. The molecule has 2 aliphatic rings. The molecule has 1 N–H and O–H groups in total. The van der Waals surface area contributed by atoms with Gasteiger partial charge in [0.1, 0.15) is 0 Å². The van der Waals surface area contributed by atoms with Crippen molar-refractivity contribution in [3.05, 3.63) is 35.7 Å². The van der Waals surface area contributed by atoms with E-state index in [-0.39, 0.29) is 0 Å². The minimum atomic E-state index is 1.10. The molecule has 1 heteroatoms. The molecule has 0 aromatic rings. The Kier molecular flexibility index (Phi) is 7.79. The highest BCUT2D eigenvalue weighted by Crippen LogP contribution is 2.26. The Balaban J connectivity index is 0.000000442. The van der Waals surface area contributed by atoms with Crippen LogP contribution < -0.4 is 5.32 Å². The standard InChI is InChI=1S/C10H13N.2C2H6/c1-8-6-7-9-4-2-3-5-10(9)11-8;2*1-2/h2,4,11H,1,3,5-7H2;2*1-2H3. The molecule has 0 fully saturated rings. The van der Waals surface area contributed by atoms with Gasteiger partial charge in [-0.15, -0.1) is 0 Å². The van der Waals surface area contributed by atoms with E-state index in [9.17, 15) is 0 Å². The molecule has 0 saturated heterocycles. The summed E-state index contributed by atoms with van der Waals surface area (Å²) in [5.74, 6) is 0. The van der Waals surface area contributed by atoms with Crippen LogP contribution in [0.4, 0.5) is 0 Å². The van der Waals surface area contributed by atoms with Gasteiger partial charge < -0.3 is 5.32 Å². The van der Waals surface area contributed by atoms with E-state index >= 15 is 0 Å². The second kappa shape index (κ2) is 8.34. The van der Waals surface area contributed by atoms with Gasteiger partial charge in [0.2, 0.25) is 0 Å². The number of allylic oxidation sites excluding steroid dienone is 5. The highest BCUT2D eigenvalue weighted by atomic mass is 14.9. The highest BCUT2D eigenvalue weighted by Gasteiger charge is 2.13. The molecule has 2 rings (SSSR count). The first-order valence-corrected chi connectivity index (χ1v) is 6.19. The molecule has 1 heterocycles. The Morgan fingerprint density at radius 2 is 1.73 bits per heavy atom. The molecule has 0 aromatic carbocycles. The fourth-order valence-electron chi connectivity index (χ4n) is 1.65. The van der Waals surface area contributed by atoms with E-state index in [1.165, 1.54) is 36.2 Å². The van der Waals surface area contributed by atoms with Crippen LogP contribution in [0.15, 0.2) is 35.7 Å². The first-order valence-electron chi connectivity index (χ1n) is 6.19. The highest BCUT2D eigenvalue weighted by molar-refractivity contribution is 5.33. The Hall–Kier alpha value is -0.980. The maximum Gasteiger partial charge on any atom is 0.0184 e. The van der Waals surface area contributed by atoms with Gasteiger partial charge in [0.15, 0.2) is 0 Å². The van der Waals surface area contributed by atoms with Crippen molar-refractivity contribution in [3.8, 4) is 0 Å². The lowest BCUT2D eigenvalue weighted by Gasteiger charge is -2.24. The van der Waals surface area contributed by atoms with Gasteiger partial charge in [-0.3, -0.25) is 0 Å². The predicted octanol–water partition coefficient (Wildman–Crippen LogP) is 4.54. The van der Waals surface area contributed by atoms with E-state index in [1.807, 2.05) is 27.7 Å². The van der Waals surface area contributed by atoms with Crippen molar-refractivity contribution < 1.29 is 0 Å². The molecule has 0 radical (unpaired) electrons. The molecule has 0 amide bonds. The molecule has 0 spiro atoms. The van der Waals surface area contributed by atoms with E-state index in [1.54, 1.807) is 0 Å². The second-order valence-corrected chi connectivity index (χ2v) is 3.17. The SMILES string of the molecule is C=C1CCC2=C(CCC=C2)N1.CC.CC. The van der Waals surface area contributed by atoms with Crippen LogP contribution in [-0.2, 0) is 0 Å². The number of rotatable bonds is 0. The summed E-state index contributed by atoms with van der Waals surface area (Å²) in [4.78, 5) is 0. The van der Waals surface area contributed by atoms with Gasteiger partial charge in [0, 0.05) is 11.4 Å². The molecule has 0 bridgehead atoms. The van der Waals surface area contributed by atoms with E-state index < -0.39 is 0 Å².